The van der Waals surface area contributed by atoms with Crippen molar-refractivity contribution in [1.29, 1.82) is 0 Å². The van der Waals surface area contributed by atoms with E-state index in [1.807, 2.05) is 0 Å². The largest absolute Gasteiger partial charge is 0.417 e. The van der Waals surface area contributed by atoms with Crippen LogP contribution >= 0.6 is 23.2 Å². The Bertz CT molecular complexity index is 2790. The number of alkyl halides is 6. The molecule has 24 heteroatoms. The molecule has 8 N–H and O–H groups in total. The number of nitrogen functional groups attached to an aromatic ring is 2. The fourth-order valence-corrected chi connectivity index (χ4v) is 11.3. The van der Waals surface area contributed by atoms with Crippen molar-refractivity contribution in [2.75, 3.05) is 11.5 Å². The number of rotatable bonds is 6. The Balaban J connectivity index is 0.000000244. The molecule has 0 heterocycles. The van der Waals surface area contributed by atoms with Crippen molar-refractivity contribution in [1.82, 2.24) is 0 Å². The number of halogens is 8. The molecule has 0 spiro atoms. The van der Waals surface area contributed by atoms with Gasteiger partial charge in [-0.25, -0.2) is 43.9 Å². The lowest BCUT2D eigenvalue weighted by atomic mass is 10.1. The first-order chi connectivity index (χ1) is 24.5. The van der Waals surface area contributed by atoms with Gasteiger partial charge in [0, 0.05) is 5.39 Å². The van der Waals surface area contributed by atoms with Crippen molar-refractivity contribution in [2.24, 2.45) is 10.3 Å². The molecular formula is C30H22Cl2F6N4O8S4. The molecular weight excluding hydrogens is 858 g/mol. The molecule has 12 nitrogen and oxygen atoms in total. The quantitative estimate of drug-likeness (QED) is 0.115. The maximum Gasteiger partial charge on any atom is 0.417 e. The fraction of sp³-hybridized carbons (Fsp3) is 0.0667. The summed E-state index contributed by atoms with van der Waals surface area (Å²) in [6.07, 6.45) is -10.2. The van der Waals surface area contributed by atoms with Gasteiger partial charge in [0.15, 0.2) is 0 Å². The van der Waals surface area contributed by atoms with Crippen LogP contribution in [0.2, 0.25) is 10.0 Å². The number of hydrogen-bond acceptors (Lipinski definition) is 10. The van der Waals surface area contributed by atoms with Gasteiger partial charge in [0.05, 0.1) is 52.1 Å². The molecule has 5 rings (SSSR count). The van der Waals surface area contributed by atoms with E-state index in [4.69, 9.17) is 44.9 Å². The molecule has 0 bridgehead atoms. The maximum atomic E-state index is 13.5. The third-order valence-corrected chi connectivity index (χ3v) is 13.8. The lowest BCUT2D eigenvalue weighted by molar-refractivity contribution is -0.140. The molecule has 0 saturated carbocycles. The molecule has 0 aliphatic rings. The van der Waals surface area contributed by atoms with Gasteiger partial charge in [0.25, 0.3) is 0 Å². The monoisotopic (exact) mass is 878 g/mol. The van der Waals surface area contributed by atoms with E-state index in [1.54, 1.807) is 6.07 Å². The van der Waals surface area contributed by atoms with Gasteiger partial charge in [-0.3, -0.25) is 0 Å². The minimum absolute atomic E-state index is 0.111. The third kappa shape index (κ3) is 8.54. The van der Waals surface area contributed by atoms with Crippen molar-refractivity contribution in [3.63, 3.8) is 0 Å². The first-order valence-corrected chi connectivity index (χ1v) is 20.8. The van der Waals surface area contributed by atoms with Gasteiger partial charge in [-0.1, -0.05) is 65.7 Å². The van der Waals surface area contributed by atoms with Gasteiger partial charge in [-0.05, 0) is 47.9 Å². The average Bonchev–Trinajstić information content (AvgIpc) is 3.04. The van der Waals surface area contributed by atoms with Crippen LogP contribution in [-0.2, 0) is 52.1 Å². The Morgan fingerprint density at radius 1 is 0.481 bits per heavy atom. The van der Waals surface area contributed by atoms with Crippen LogP contribution in [0.5, 0.6) is 0 Å². The SMILES string of the molecule is Nc1cc(C(F)(F)F)c(S(=O)(=O)c2c(S(N)(=O)=O)ccc3ccccc23)cc1Cl.Nc1cc(C(F)(F)F)c(S(=O)(=O)c2ccccc2S(N)(=O)=O)cc1Cl. The molecule has 0 saturated heterocycles. The standard InChI is InChI=1S/C17H12ClF3N2O4S2.C13H10ClF3N2O4S2/c18-12-8-15(11(7-13(12)22)17(19,20)21)28(24,25)16-10-4-2-1-3-9(10)5-6-14(16)29(23,26)27;14-8-6-12(7(5-9(8)18)13(15,16)17)24(20,21)10-3-1-2-4-11(10)25(19,22)23/h1-8H,22H2,(H2,23,26,27);1-6H,18H2,(H2,19,22,23). The molecule has 0 aliphatic heterocycles. The summed E-state index contributed by atoms with van der Waals surface area (Å²) in [6.45, 7) is 0. The topological polar surface area (TPSA) is 241 Å². The van der Waals surface area contributed by atoms with E-state index in [1.165, 1.54) is 30.3 Å². The van der Waals surface area contributed by atoms with Crippen LogP contribution in [0.15, 0.2) is 114 Å². The van der Waals surface area contributed by atoms with Crippen LogP contribution in [0, 0.1) is 0 Å². The Morgan fingerprint density at radius 2 is 0.889 bits per heavy atom. The molecule has 54 heavy (non-hydrogen) atoms. The fourth-order valence-electron chi connectivity index (χ4n) is 4.89. The smallest absolute Gasteiger partial charge is 0.398 e. The molecule has 0 unspecified atom stereocenters. The van der Waals surface area contributed by atoms with Crippen molar-refractivity contribution in [3.05, 3.63) is 106 Å². The summed E-state index contributed by atoms with van der Waals surface area (Å²) in [6, 6.07) is 13.8. The number of benzene rings is 5. The number of sulfonamides is 2. The van der Waals surface area contributed by atoms with Crippen LogP contribution in [0.25, 0.3) is 10.8 Å². The predicted octanol–water partition coefficient (Wildman–Crippen LogP) is 6.00. The van der Waals surface area contributed by atoms with Gasteiger partial charge >= 0.3 is 12.4 Å². The van der Waals surface area contributed by atoms with Gasteiger partial charge in [0.1, 0.15) is 9.79 Å². The van der Waals surface area contributed by atoms with E-state index < -0.39 is 114 Å². The molecule has 0 fully saturated rings. The highest BCUT2D eigenvalue weighted by molar-refractivity contribution is 7.94. The first kappa shape index (κ1) is 42.6. The summed E-state index contributed by atoms with van der Waals surface area (Å²) < 4.78 is 180. The van der Waals surface area contributed by atoms with Gasteiger partial charge < -0.3 is 11.5 Å². The van der Waals surface area contributed by atoms with E-state index in [0.29, 0.717) is 24.3 Å². The second kappa shape index (κ2) is 14.5. The Hall–Kier alpha value is -4.16. The highest BCUT2D eigenvalue weighted by Crippen LogP contribution is 2.43. The summed E-state index contributed by atoms with van der Waals surface area (Å²) in [4.78, 5) is -5.90. The predicted molar refractivity (Wildman–Crippen MR) is 186 cm³/mol. The van der Waals surface area contributed by atoms with Crippen LogP contribution in [0.4, 0.5) is 37.7 Å². The lowest BCUT2D eigenvalue weighted by Gasteiger charge is -2.17. The van der Waals surface area contributed by atoms with E-state index in [0.717, 1.165) is 24.3 Å². The number of anilines is 2. The molecule has 0 aromatic heterocycles. The van der Waals surface area contributed by atoms with Crippen LogP contribution in [0.1, 0.15) is 11.1 Å². The van der Waals surface area contributed by atoms with Gasteiger partial charge in [-0.15, -0.1) is 0 Å². The molecule has 5 aromatic rings. The van der Waals surface area contributed by atoms with Crippen molar-refractivity contribution >= 4 is 85.1 Å². The Morgan fingerprint density at radius 3 is 1.33 bits per heavy atom. The summed E-state index contributed by atoms with van der Waals surface area (Å²) in [5.74, 6) is 0. The van der Waals surface area contributed by atoms with E-state index in [2.05, 4.69) is 0 Å². The van der Waals surface area contributed by atoms with E-state index in [-0.39, 0.29) is 10.8 Å². The van der Waals surface area contributed by atoms with Gasteiger partial charge in [-0.2, -0.15) is 26.3 Å². The Labute approximate surface area is 313 Å². The number of nitrogens with two attached hydrogens (primary N) is 4. The highest BCUT2D eigenvalue weighted by atomic mass is 35.5. The molecule has 0 aliphatic carbocycles. The molecule has 0 amide bonds. The van der Waals surface area contributed by atoms with Crippen molar-refractivity contribution in [2.45, 2.75) is 41.7 Å². The molecule has 0 atom stereocenters. The molecule has 5 aromatic carbocycles. The second-order valence-electron chi connectivity index (χ2n) is 10.9. The lowest BCUT2D eigenvalue weighted by Crippen LogP contribution is -2.19. The number of fused-ring (bicyclic) bond motifs is 1. The van der Waals surface area contributed by atoms with Crippen LogP contribution in [-0.4, -0.2) is 33.7 Å². The zero-order valence-corrected chi connectivity index (χ0v) is 31.1. The van der Waals surface area contributed by atoms with Crippen LogP contribution in [0.3, 0.4) is 0 Å². The van der Waals surface area contributed by atoms with Crippen LogP contribution < -0.4 is 21.7 Å². The number of hydrogen-bond donors (Lipinski definition) is 4. The minimum atomic E-state index is -5.10. The minimum Gasteiger partial charge on any atom is -0.398 e. The average molecular weight is 880 g/mol. The van der Waals surface area contributed by atoms with Crippen molar-refractivity contribution < 1.29 is 60.0 Å². The van der Waals surface area contributed by atoms with E-state index in [9.17, 15) is 60.0 Å². The maximum absolute atomic E-state index is 13.5. The zero-order valence-electron chi connectivity index (χ0n) is 26.3. The molecule has 290 valence electrons. The highest BCUT2D eigenvalue weighted by Gasteiger charge is 2.41. The summed E-state index contributed by atoms with van der Waals surface area (Å²) >= 11 is 11.4. The van der Waals surface area contributed by atoms with Gasteiger partial charge in [0.2, 0.25) is 39.7 Å². The first-order valence-electron chi connectivity index (χ1n) is 14.0. The summed E-state index contributed by atoms with van der Waals surface area (Å²) in [5, 5.41) is 9.40. The third-order valence-electron chi connectivity index (χ3n) is 7.25. The normalized spacial score (nSPS) is 13.0. The second-order valence-corrected chi connectivity index (χ2v) is 18.5. The molecule has 0 radical (unpaired) electrons. The number of sulfone groups is 2. The number of primary sulfonamides is 2. The summed E-state index contributed by atoms with van der Waals surface area (Å²) in [7, 11) is -19.1. The van der Waals surface area contributed by atoms with Crippen molar-refractivity contribution in [3.8, 4) is 0 Å². The Kier molecular flexibility index (Phi) is 11.4. The summed E-state index contributed by atoms with van der Waals surface area (Å²) in [5.41, 5.74) is 6.63. The zero-order chi connectivity index (χ0) is 41.0. The van der Waals surface area contributed by atoms with E-state index >= 15 is 0 Å².